The number of amides is 1. The summed E-state index contributed by atoms with van der Waals surface area (Å²) in [4.78, 5) is 40.0. The van der Waals surface area contributed by atoms with Gasteiger partial charge in [0.05, 0.1) is 11.6 Å². The fourth-order valence-corrected chi connectivity index (χ4v) is 5.51. The van der Waals surface area contributed by atoms with Crippen LogP contribution >= 0.6 is 0 Å². The monoisotopic (exact) mass is 456 g/mol. The molecule has 0 saturated heterocycles. The van der Waals surface area contributed by atoms with E-state index in [4.69, 9.17) is 5.73 Å². The first-order valence-electron chi connectivity index (χ1n) is 10.2. The van der Waals surface area contributed by atoms with E-state index in [2.05, 4.69) is 6.58 Å². The summed E-state index contributed by atoms with van der Waals surface area (Å²) in [6.45, 7) is 3.50. The second-order valence-electron chi connectivity index (χ2n) is 8.89. The van der Waals surface area contributed by atoms with Crippen molar-refractivity contribution in [2.24, 2.45) is 17.6 Å². The molecule has 10 nitrogen and oxygen atoms in total. The molecule has 3 aliphatic carbocycles. The summed E-state index contributed by atoms with van der Waals surface area (Å²) >= 11 is 0. The SMILES string of the molecule is C=C(O)c1ccc(O)c2c1C[C@@H]1C[C@@H]3[C@@H](N(C)C)C(=O)C(C(N)=O)=C(O)[C@]3(O)C(=O)C1=C2O. The van der Waals surface area contributed by atoms with Gasteiger partial charge in [0, 0.05) is 17.1 Å². The van der Waals surface area contributed by atoms with Crippen LogP contribution in [0.15, 0.2) is 35.6 Å². The molecule has 7 N–H and O–H groups in total. The predicted octanol–water partition coefficient (Wildman–Crippen LogP) is 0.493. The van der Waals surface area contributed by atoms with Crippen molar-refractivity contribution in [3.05, 3.63) is 52.3 Å². The molecule has 3 aliphatic rings. The highest BCUT2D eigenvalue weighted by molar-refractivity contribution is 6.24. The molecule has 4 rings (SSSR count). The van der Waals surface area contributed by atoms with Gasteiger partial charge >= 0.3 is 0 Å². The third-order valence-electron chi connectivity index (χ3n) is 6.92. The topological polar surface area (TPSA) is 182 Å². The number of aliphatic hydroxyl groups excluding tert-OH is 3. The minimum Gasteiger partial charge on any atom is -0.508 e. The molecule has 0 radical (unpaired) electrons. The Morgan fingerprint density at radius 1 is 1.21 bits per heavy atom. The van der Waals surface area contributed by atoms with Crippen LogP contribution in [0.4, 0.5) is 0 Å². The Bertz CT molecular complexity index is 1210. The van der Waals surface area contributed by atoms with Crippen LogP contribution in [0.2, 0.25) is 0 Å². The summed E-state index contributed by atoms with van der Waals surface area (Å²) in [6, 6.07) is 1.50. The summed E-state index contributed by atoms with van der Waals surface area (Å²) < 4.78 is 0. The van der Waals surface area contributed by atoms with Gasteiger partial charge in [0.1, 0.15) is 28.6 Å². The van der Waals surface area contributed by atoms with E-state index >= 15 is 0 Å². The van der Waals surface area contributed by atoms with Crippen molar-refractivity contribution >= 4 is 29.0 Å². The zero-order chi connectivity index (χ0) is 24.6. The fraction of sp³-hybridized carbons (Fsp3) is 0.348. The van der Waals surface area contributed by atoms with E-state index in [9.17, 15) is 39.9 Å². The largest absolute Gasteiger partial charge is 0.508 e. The summed E-state index contributed by atoms with van der Waals surface area (Å²) in [6.07, 6.45) is 0.0522. The first kappa shape index (κ1) is 22.6. The van der Waals surface area contributed by atoms with Crippen molar-refractivity contribution in [3.8, 4) is 5.75 Å². The number of rotatable bonds is 3. The Morgan fingerprint density at radius 2 is 1.85 bits per heavy atom. The molecule has 0 bridgehead atoms. The molecule has 1 fully saturated rings. The number of primary amides is 1. The van der Waals surface area contributed by atoms with Crippen molar-refractivity contribution in [2.45, 2.75) is 24.5 Å². The molecule has 0 heterocycles. The number of nitrogens with two attached hydrogens (primary N) is 1. The van der Waals surface area contributed by atoms with E-state index < -0.39 is 58.0 Å². The van der Waals surface area contributed by atoms with E-state index in [1.807, 2.05) is 0 Å². The Balaban J connectivity index is 2.00. The van der Waals surface area contributed by atoms with Gasteiger partial charge in [-0.25, -0.2) is 0 Å². The van der Waals surface area contributed by atoms with E-state index in [0.717, 1.165) is 0 Å². The minimum atomic E-state index is -2.68. The number of carbonyl (C=O) groups excluding carboxylic acids is 3. The number of hydrogen-bond acceptors (Lipinski definition) is 9. The van der Waals surface area contributed by atoms with Crippen LogP contribution in [-0.2, 0) is 20.8 Å². The van der Waals surface area contributed by atoms with Crippen molar-refractivity contribution in [2.75, 3.05) is 14.1 Å². The number of aliphatic hydroxyl groups is 4. The van der Waals surface area contributed by atoms with Crippen LogP contribution in [0, 0.1) is 11.8 Å². The average Bonchev–Trinajstić information content (AvgIpc) is 2.70. The number of phenols is 1. The summed E-state index contributed by atoms with van der Waals surface area (Å²) in [5, 5.41) is 53.6. The van der Waals surface area contributed by atoms with Gasteiger partial charge in [0.15, 0.2) is 11.4 Å². The number of aromatic hydroxyl groups is 1. The van der Waals surface area contributed by atoms with Gasteiger partial charge in [-0.05, 0) is 50.6 Å². The van der Waals surface area contributed by atoms with Gasteiger partial charge in [-0.3, -0.25) is 19.3 Å². The molecular formula is C23H24N2O8. The number of hydrogen-bond donors (Lipinski definition) is 6. The average molecular weight is 456 g/mol. The molecule has 1 saturated carbocycles. The molecular weight excluding hydrogens is 432 g/mol. The lowest BCUT2D eigenvalue weighted by Crippen LogP contribution is -2.65. The standard InChI is InChI=1S/C23H24N2O8/c1-8(26)10-4-5-13(27)15-11(10)6-9-7-12-17(25(2)3)19(29)16(22(24)32)21(31)23(12,33)20(30)14(9)18(15)28/h4-5,9,12,17,26-28,31,33H,1,6-7H2,2-3H3,(H2,24,32)/t9-,12-,17-,23-/m1/s1. The first-order chi connectivity index (χ1) is 15.3. The quantitative estimate of drug-likeness (QED) is 0.278. The lowest BCUT2D eigenvalue weighted by atomic mass is 9.57. The van der Waals surface area contributed by atoms with Crippen LogP contribution in [0.25, 0.3) is 11.5 Å². The number of ketones is 2. The Hall–Kier alpha value is -3.63. The van der Waals surface area contributed by atoms with Crippen LogP contribution in [0.5, 0.6) is 5.75 Å². The van der Waals surface area contributed by atoms with Gasteiger partial charge in [-0.15, -0.1) is 0 Å². The van der Waals surface area contributed by atoms with Crippen LogP contribution < -0.4 is 5.73 Å². The second kappa shape index (κ2) is 7.19. The van der Waals surface area contributed by atoms with Gasteiger partial charge in [0.2, 0.25) is 5.78 Å². The molecule has 10 heteroatoms. The third kappa shape index (κ3) is 2.84. The third-order valence-corrected chi connectivity index (χ3v) is 6.92. The second-order valence-corrected chi connectivity index (χ2v) is 8.89. The number of carbonyl (C=O) groups is 3. The molecule has 0 unspecified atom stereocenters. The maximum Gasteiger partial charge on any atom is 0.255 e. The normalized spacial score (nSPS) is 29.0. The fourth-order valence-electron chi connectivity index (χ4n) is 5.51. The minimum absolute atomic E-state index is 0.0290. The lowest BCUT2D eigenvalue weighted by Gasteiger charge is -2.50. The maximum absolute atomic E-state index is 13.6. The maximum atomic E-state index is 13.6. The highest BCUT2D eigenvalue weighted by Gasteiger charge is 2.64. The summed E-state index contributed by atoms with van der Waals surface area (Å²) in [5.74, 6) is -7.48. The number of likely N-dealkylation sites (N-methyl/N-ethyl adjacent to an activating group) is 1. The zero-order valence-corrected chi connectivity index (χ0v) is 18.0. The number of nitrogens with zero attached hydrogens (tertiary/aromatic N) is 1. The Morgan fingerprint density at radius 3 is 2.39 bits per heavy atom. The molecule has 1 amide bonds. The first-order valence-corrected chi connectivity index (χ1v) is 10.2. The van der Waals surface area contributed by atoms with E-state index in [1.54, 1.807) is 0 Å². The van der Waals surface area contributed by atoms with Crippen molar-refractivity contribution < 1.29 is 39.9 Å². The molecule has 0 aliphatic heterocycles. The molecule has 1 aromatic carbocycles. The van der Waals surface area contributed by atoms with Gasteiger partial charge in [0.25, 0.3) is 5.91 Å². The van der Waals surface area contributed by atoms with E-state index in [0.29, 0.717) is 5.56 Å². The van der Waals surface area contributed by atoms with Crippen LogP contribution in [0.3, 0.4) is 0 Å². The predicted molar refractivity (Wildman–Crippen MR) is 116 cm³/mol. The molecule has 0 aromatic heterocycles. The number of Topliss-reactive ketones (excluding diaryl/α,β-unsaturated/α-hetero) is 2. The van der Waals surface area contributed by atoms with Crippen molar-refractivity contribution in [1.82, 2.24) is 4.90 Å². The van der Waals surface area contributed by atoms with Crippen LogP contribution in [-0.4, -0.2) is 73.6 Å². The summed E-state index contributed by atoms with van der Waals surface area (Å²) in [7, 11) is 3.05. The van der Waals surface area contributed by atoms with Gasteiger partial charge in [-0.1, -0.05) is 6.58 Å². The molecule has 174 valence electrons. The number of fused-ring (bicyclic) bond motifs is 3. The van der Waals surface area contributed by atoms with E-state index in [-0.39, 0.29) is 41.1 Å². The summed E-state index contributed by atoms with van der Waals surface area (Å²) in [5.41, 5.74) is 2.01. The van der Waals surface area contributed by atoms with Gasteiger partial charge in [-0.2, -0.15) is 0 Å². The molecule has 4 atom stereocenters. The Labute approximate surface area is 188 Å². The molecule has 1 aromatic rings. The van der Waals surface area contributed by atoms with Gasteiger partial charge < -0.3 is 31.3 Å². The zero-order valence-electron chi connectivity index (χ0n) is 18.0. The smallest absolute Gasteiger partial charge is 0.255 e. The number of phenolic OH excluding ortho intramolecular Hbond substituents is 1. The highest BCUT2D eigenvalue weighted by atomic mass is 16.3. The van der Waals surface area contributed by atoms with Crippen LogP contribution in [0.1, 0.15) is 23.1 Å². The van der Waals surface area contributed by atoms with E-state index in [1.165, 1.54) is 31.1 Å². The Kier molecular flexibility index (Phi) is 4.91. The number of benzene rings is 1. The lowest BCUT2D eigenvalue weighted by molar-refractivity contribution is -0.153. The highest BCUT2D eigenvalue weighted by Crippen LogP contribution is 2.53. The van der Waals surface area contributed by atoms with Crippen molar-refractivity contribution in [3.63, 3.8) is 0 Å². The molecule has 0 spiro atoms. The molecule has 33 heavy (non-hydrogen) atoms. The van der Waals surface area contributed by atoms with Crippen molar-refractivity contribution in [1.29, 1.82) is 0 Å².